The molecule has 0 saturated heterocycles. The van der Waals surface area contributed by atoms with Crippen molar-refractivity contribution in [3.63, 3.8) is 0 Å². The molecule has 0 aliphatic heterocycles. The number of hydrogen-bond donors (Lipinski definition) is 1. The average molecular weight is 370 g/mol. The first-order valence-electron chi connectivity index (χ1n) is 6.96. The molecule has 0 radical (unpaired) electrons. The summed E-state index contributed by atoms with van der Waals surface area (Å²) in [6.07, 6.45) is 0. The molecule has 118 valence electrons. The molecule has 0 aromatic heterocycles. The molecule has 0 amide bonds. The van der Waals surface area contributed by atoms with Gasteiger partial charge in [0.05, 0.1) is 11.6 Å². The molecule has 2 aromatic rings. The van der Waals surface area contributed by atoms with Crippen LogP contribution in [0.5, 0.6) is 5.75 Å². The number of methoxy groups -OCH3 is 1. The number of benzene rings is 2. The largest absolute Gasteiger partial charge is 0.496 e. The molecule has 0 aliphatic carbocycles. The van der Waals surface area contributed by atoms with Crippen LogP contribution >= 0.6 is 15.9 Å². The van der Waals surface area contributed by atoms with Crippen molar-refractivity contribution < 1.29 is 13.5 Å². The Bertz CT molecular complexity index is 663. The fraction of sp³-hybridized carbons (Fsp3) is 0.294. The standard InChI is InChI=1S/C17H18BrF2NO/c1-10(12-4-7-17(22-3)15(18)8-12)21-11(2)14-9-13(19)5-6-16(14)20/h4-11,21H,1-3H3. The van der Waals surface area contributed by atoms with E-state index in [1.54, 1.807) is 7.11 Å². The van der Waals surface area contributed by atoms with E-state index in [2.05, 4.69) is 21.2 Å². The molecule has 22 heavy (non-hydrogen) atoms. The van der Waals surface area contributed by atoms with Crippen LogP contribution in [-0.4, -0.2) is 7.11 Å². The Hall–Kier alpha value is -1.46. The van der Waals surface area contributed by atoms with Gasteiger partial charge < -0.3 is 10.1 Å². The van der Waals surface area contributed by atoms with E-state index in [1.807, 2.05) is 32.0 Å². The maximum Gasteiger partial charge on any atom is 0.133 e. The van der Waals surface area contributed by atoms with Crippen LogP contribution in [0.25, 0.3) is 0 Å². The molecular formula is C17H18BrF2NO. The molecule has 0 heterocycles. The van der Waals surface area contributed by atoms with Gasteiger partial charge in [-0.1, -0.05) is 6.07 Å². The van der Waals surface area contributed by atoms with Crippen LogP contribution in [0.1, 0.15) is 37.1 Å². The fourth-order valence-corrected chi connectivity index (χ4v) is 2.92. The van der Waals surface area contributed by atoms with Crippen LogP contribution < -0.4 is 10.1 Å². The molecule has 0 saturated carbocycles. The minimum absolute atomic E-state index is 0.0279. The Labute approximate surface area is 137 Å². The number of ether oxygens (including phenoxy) is 1. The van der Waals surface area contributed by atoms with Crippen LogP contribution in [0.15, 0.2) is 40.9 Å². The van der Waals surface area contributed by atoms with Crippen LogP contribution in [0.2, 0.25) is 0 Å². The first kappa shape index (κ1) is 16.9. The van der Waals surface area contributed by atoms with Gasteiger partial charge in [0.15, 0.2) is 0 Å². The SMILES string of the molecule is COc1ccc(C(C)NC(C)c2cc(F)ccc2F)cc1Br. The molecule has 5 heteroatoms. The molecule has 1 N–H and O–H groups in total. The van der Waals surface area contributed by atoms with Gasteiger partial charge >= 0.3 is 0 Å². The quantitative estimate of drug-likeness (QED) is 0.786. The predicted octanol–water partition coefficient (Wildman–Crippen LogP) is 5.15. The molecule has 2 aromatic carbocycles. The van der Waals surface area contributed by atoms with Crippen molar-refractivity contribution in [3.8, 4) is 5.75 Å². The highest BCUT2D eigenvalue weighted by atomic mass is 79.9. The third-order valence-corrected chi connectivity index (χ3v) is 4.22. The summed E-state index contributed by atoms with van der Waals surface area (Å²) in [6, 6.07) is 8.91. The van der Waals surface area contributed by atoms with Gasteiger partial charge in [0.1, 0.15) is 17.4 Å². The van der Waals surface area contributed by atoms with E-state index in [9.17, 15) is 8.78 Å². The highest BCUT2D eigenvalue weighted by molar-refractivity contribution is 9.10. The second-order valence-electron chi connectivity index (χ2n) is 5.17. The number of nitrogens with one attached hydrogen (secondary N) is 1. The van der Waals surface area contributed by atoms with Gasteiger partial charge in [-0.05, 0) is 65.7 Å². The Balaban J connectivity index is 2.15. The lowest BCUT2D eigenvalue weighted by Gasteiger charge is -2.21. The Kier molecular flexibility index (Phi) is 5.53. The summed E-state index contributed by atoms with van der Waals surface area (Å²) in [4.78, 5) is 0. The first-order chi connectivity index (χ1) is 10.4. The van der Waals surface area contributed by atoms with Gasteiger partial charge in [0.2, 0.25) is 0 Å². The summed E-state index contributed by atoms with van der Waals surface area (Å²) >= 11 is 3.45. The second kappa shape index (κ2) is 7.20. The normalized spacial score (nSPS) is 13.7. The third kappa shape index (κ3) is 3.84. The lowest BCUT2D eigenvalue weighted by molar-refractivity contribution is 0.411. The molecule has 2 atom stereocenters. The topological polar surface area (TPSA) is 21.3 Å². The van der Waals surface area contributed by atoms with Gasteiger partial charge in [0, 0.05) is 17.6 Å². The van der Waals surface area contributed by atoms with Crippen LogP contribution in [0.3, 0.4) is 0 Å². The third-order valence-electron chi connectivity index (χ3n) is 3.60. The summed E-state index contributed by atoms with van der Waals surface area (Å²) in [5, 5.41) is 3.28. The van der Waals surface area contributed by atoms with Crippen LogP contribution in [-0.2, 0) is 0 Å². The fourth-order valence-electron chi connectivity index (χ4n) is 2.36. The number of halogens is 3. The highest BCUT2D eigenvalue weighted by Gasteiger charge is 2.16. The van der Waals surface area contributed by atoms with E-state index < -0.39 is 11.6 Å². The Morgan fingerprint density at radius 1 is 1.05 bits per heavy atom. The molecule has 2 unspecified atom stereocenters. The molecule has 0 spiro atoms. The van der Waals surface area contributed by atoms with Crippen molar-refractivity contribution in [2.45, 2.75) is 25.9 Å². The van der Waals surface area contributed by atoms with E-state index in [1.165, 1.54) is 6.07 Å². The summed E-state index contributed by atoms with van der Waals surface area (Å²) in [7, 11) is 1.61. The first-order valence-corrected chi connectivity index (χ1v) is 7.76. The average Bonchev–Trinajstić information content (AvgIpc) is 2.49. The summed E-state index contributed by atoms with van der Waals surface area (Å²) in [5.74, 6) is -0.102. The summed E-state index contributed by atoms with van der Waals surface area (Å²) < 4.78 is 33.1. The zero-order valence-electron chi connectivity index (χ0n) is 12.7. The van der Waals surface area contributed by atoms with E-state index in [0.29, 0.717) is 5.56 Å². The zero-order valence-corrected chi connectivity index (χ0v) is 14.2. The zero-order chi connectivity index (χ0) is 16.3. The van der Waals surface area contributed by atoms with E-state index >= 15 is 0 Å². The van der Waals surface area contributed by atoms with Crippen molar-refractivity contribution >= 4 is 15.9 Å². The number of hydrogen-bond acceptors (Lipinski definition) is 2. The summed E-state index contributed by atoms with van der Waals surface area (Å²) in [5.41, 5.74) is 1.34. The number of rotatable bonds is 5. The van der Waals surface area contributed by atoms with Crippen molar-refractivity contribution in [1.29, 1.82) is 0 Å². The monoisotopic (exact) mass is 369 g/mol. The molecular weight excluding hydrogens is 352 g/mol. The van der Waals surface area contributed by atoms with Gasteiger partial charge in [-0.15, -0.1) is 0 Å². The maximum absolute atomic E-state index is 13.8. The highest BCUT2D eigenvalue weighted by Crippen LogP contribution is 2.29. The molecule has 2 nitrogen and oxygen atoms in total. The smallest absolute Gasteiger partial charge is 0.133 e. The van der Waals surface area contributed by atoms with Gasteiger partial charge in [0.25, 0.3) is 0 Å². The van der Waals surface area contributed by atoms with Crippen LogP contribution in [0, 0.1) is 11.6 Å². The van der Waals surface area contributed by atoms with Gasteiger partial charge in [-0.3, -0.25) is 0 Å². The van der Waals surface area contributed by atoms with Crippen LogP contribution in [0.4, 0.5) is 8.78 Å². The van der Waals surface area contributed by atoms with Crippen molar-refractivity contribution in [2.24, 2.45) is 0 Å². The molecule has 0 fully saturated rings. The minimum atomic E-state index is -0.440. The lowest BCUT2D eigenvalue weighted by Crippen LogP contribution is -2.23. The van der Waals surface area contributed by atoms with E-state index in [-0.39, 0.29) is 12.1 Å². The van der Waals surface area contributed by atoms with E-state index in [4.69, 9.17) is 4.74 Å². The maximum atomic E-state index is 13.8. The lowest BCUT2D eigenvalue weighted by atomic mass is 10.0. The molecule has 2 rings (SSSR count). The van der Waals surface area contributed by atoms with Crippen molar-refractivity contribution in [1.82, 2.24) is 5.32 Å². The Morgan fingerprint density at radius 3 is 2.41 bits per heavy atom. The van der Waals surface area contributed by atoms with Gasteiger partial charge in [-0.2, -0.15) is 0 Å². The second-order valence-corrected chi connectivity index (χ2v) is 6.02. The van der Waals surface area contributed by atoms with E-state index in [0.717, 1.165) is 27.9 Å². The predicted molar refractivity (Wildman–Crippen MR) is 87.0 cm³/mol. The summed E-state index contributed by atoms with van der Waals surface area (Å²) in [6.45, 7) is 3.79. The van der Waals surface area contributed by atoms with Crippen molar-refractivity contribution in [2.75, 3.05) is 7.11 Å². The minimum Gasteiger partial charge on any atom is -0.496 e. The Morgan fingerprint density at radius 2 is 1.77 bits per heavy atom. The molecule has 0 aliphatic rings. The molecule has 0 bridgehead atoms. The van der Waals surface area contributed by atoms with Crippen molar-refractivity contribution in [3.05, 3.63) is 63.6 Å². The van der Waals surface area contributed by atoms with Gasteiger partial charge in [-0.25, -0.2) is 8.78 Å².